The molecule has 124 valence electrons. The van der Waals surface area contributed by atoms with Gasteiger partial charge in [0.2, 0.25) is 5.91 Å². The third kappa shape index (κ3) is 5.38. The molecule has 0 saturated carbocycles. The summed E-state index contributed by atoms with van der Waals surface area (Å²) in [6, 6.07) is 15.7. The van der Waals surface area contributed by atoms with Crippen molar-refractivity contribution >= 4 is 18.3 Å². The van der Waals surface area contributed by atoms with Crippen molar-refractivity contribution < 1.29 is 4.79 Å². The lowest BCUT2D eigenvalue weighted by atomic mass is 9.99. The van der Waals surface area contributed by atoms with Gasteiger partial charge in [-0.3, -0.25) is 4.79 Å². The van der Waals surface area contributed by atoms with E-state index in [-0.39, 0.29) is 30.4 Å². The quantitative estimate of drug-likeness (QED) is 0.869. The molecule has 2 rings (SSSR count). The highest BCUT2D eigenvalue weighted by Crippen LogP contribution is 2.19. The molecule has 0 aromatic heterocycles. The lowest BCUT2D eigenvalue weighted by molar-refractivity contribution is -0.122. The fraction of sp³-hybridized carbons (Fsp3) is 0.316. The van der Waals surface area contributed by atoms with Crippen LogP contribution in [0.3, 0.4) is 0 Å². The van der Waals surface area contributed by atoms with Crippen molar-refractivity contribution in [2.24, 2.45) is 5.73 Å². The molecule has 0 aliphatic heterocycles. The molecule has 2 unspecified atom stereocenters. The molecule has 0 radical (unpaired) electrons. The van der Waals surface area contributed by atoms with Crippen molar-refractivity contribution in [3.63, 3.8) is 0 Å². The Morgan fingerprint density at radius 2 is 1.78 bits per heavy atom. The molecule has 3 nitrogen and oxygen atoms in total. The van der Waals surface area contributed by atoms with Gasteiger partial charge in [0.05, 0.1) is 6.04 Å². The number of halogens is 1. The highest BCUT2D eigenvalue weighted by Gasteiger charge is 2.15. The summed E-state index contributed by atoms with van der Waals surface area (Å²) in [5.74, 6) is -0.0242. The number of carbonyl (C=O) groups is 1. The molecule has 0 spiro atoms. The van der Waals surface area contributed by atoms with Crippen molar-refractivity contribution in [3.8, 4) is 0 Å². The molecule has 4 heteroatoms. The number of benzene rings is 2. The molecule has 0 aliphatic carbocycles. The van der Waals surface area contributed by atoms with E-state index >= 15 is 0 Å². The van der Waals surface area contributed by atoms with Gasteiger partial charge in [0.1, 0.15) is 0 Å². The SMILES string of the molecule is Cc1ccc(C(C)NC(=O)CC(N)c2ccccc2)c(C)c1.Cl. The van der Waals surface area contributed by atoms with Crippen LogP contribution in [-0.2, 0) is 4.79 Å². The lowest BCUT2D eigenvalue weighted by Gasteiger charge is -2.19. The Labute approximate surface area is 144 Å². The summed E-state index contributed by atoms with van der Waals surface area (Å²) < 4.78 is 0. The van der Waals surface area contributed by atoms with E-state index in [1.165, 1.54) is 11.1 Å². The van der Waals surface area contributed by atoms with Crippen LogP contribution in [0.2, 0.25) is 0 Å². The Balaban J connectivity index is 0.00000264. The predicted octanol–water partition coefficient (Wildman–Crippen LogP) is 3.99. The molecule has 0 fully saturated rings. The molecular weight excluding hydrogens is 308 g/mol. The van der Waals surface area contributed by atoms with E-state index in [9.17, 15) is 4.79 Å². The number of rotatable bonds is 5. The van der Waals surface area contributed by atoms with E-state index in [1.807, 2.05) is 37.3 Å². The monoisotopic (exact) mass is 332 g/mol. The first kappa shape index (κ1) is 19.2. The van der Waals surface area contributed by atoms with Gasteiger partial charge in [0, 0.05) is 12.5 Å². The van der Waals surface area contributed by atoms with Crippen molar-refractivity contribution in [1.29, 1.82) is 0 Å². The van der Waals surface area contributed by atoms with Crippen LogP contribution in [0.15, 0.2) is 48.5 Å². The fourth-order valence-corrected chi connectivity index (χ4v) is 2.71. The van der Waals surface area contributed by atoms with Crippen LogP contribution in [-0.4, -0.2) is 5.91 Å². The van der Waals surface area contributed by atoms with E-state index < -0.39 is 0 Å². The first-order chi connectivity index (χ1) is 10.5. The minimum absolute atomic E-state index is 0. The topological polar surface area (TPSA) is 55.1 Å². The van der Waals surface area contributed by atoms with Crippen molar-refractivity contribution in [2.45, 2.75) is 39.3 Å². The van der Waals surface area contributed by atoms with Gasteiger partial charge in [-0.15, -0.1) is 12.4 Å². The molecule has 0 aliphatic rings. The minimum atomic E-state index is -0.271. The smallest absolute Gasteiger partial charge is 0.222 e. The second-order valence-electron chi connectivity index (χ2n) is 5.87. The Bertz CT molecular complexity index is 643. The van der Waals surface area contributed by atoms with Crippen LogP contribution in [0.4, 0.5) is 0 Å². The summed E-state index contributed by atoms with van der Waals surface area (Å²) in [5.41, 5.74) is 10.7. The van der Waals surface area contributed by atoms with Gasteiger partial charge >= 0.3 is 0 Å². The van der Waals surface area contributed by atoms with Crippen molar-refractivity contribution in [2.75, 3.05) is 0 Å². The first-order valence-electron chi connectivity index (χ1n) is 7.64. The van der Waals surface area contributed by atoms with Gasteiger partial charge in [-0.05, 0) is 37.5 Å². The van der Waals surface area contributed by atoms with Crippen LogP contribution in [0.5, 0.6) is 0 Å². The average Bonchev–Trinajstić information content (AvgIpc) is 2.47. The third-order valence-electron chi connectivity index (χ3n) is 3.90. The van der Waals surface area contributed by atoms with Gasteiger partial charge in [0.25, 0.3) is 0 Å². The van der Waals surface area contributed by atoms with Gasteiger partial charge < -0.3 is 11.1 Å². The first-order valence-corrected chi connectivity index (χ1v) is 7.64. The number of nitrogens with one attached hydrogen (secondary N) is 1. The van der Waals surface area contributed by atoms with E-state index in [0.717, 1.165) is 11.1 Å². The van der Waals surface area contributed by atoms with Crippen LogP contribution in [0.25, 0.3) is 0 Å². The molecule has 2 aromatic carbocycles. The maximum atomic E-state index is 12.2. The molecule has 23 heavy (non-hydrogen) atoms. The zero-order chi connectivity index (χ0) is 16.1. The Hall–Kier alpha value is -1.84. The second kappa shape index (κ2) is 8.70. The standard InChI is InChI=1S/C19H24N2O.ClH/c1-13-9-10-17(14(2)11-13)15(3)21-19(22)12-18(20)16-7-5-4-6-8-16;/h4-11,15,18H,12,20H2,1-3H3,(H,21,22);1H. The number of hydrogen-bond acceptors (Lipinski definition) is 2. The fourth-order valence-electron chi connectivity index (χ4n) is 2.71. The molecule has 2 atom stereocenters. The Morgan fingerprint density at radius 3 is 2.39 bits per heavy atom. The van der Waals surface area contributed by atoms with E-state index in [2.05, 4.69) is 37.4 Å². The third-order valence-corrected chi connectivity index (χ3v) is 3.90. The van der Waals surface area contributed by atoms with E-state index in [0.29, 0.717) is 6.42 Å². The number of carbonyl (C=O) groups excluding carboxylic acids is 1. The van der Waals surface area contributed by atoms with Crippen LogP contribution >= 0.6 is 12.4 Å². The summed E-state index contributed by atoms with van der Waals surface area (Å²) in [6.07, 6.45) is 0.291. The van der Waals surface area contributed by atoms with Gasteiger partial charge in [-0.1, -0.05) is 54.1 Å². The number of hydrogen-bond donors (Lipinski definition) is 2. The van der Waals surface area contributed by atoms with Gasteiger partial charge in [-0.25, -0.2) is 0 Å². The average molecular weight is 333 g/mol. The molecule has 0 heterocycles. The number of aryl methyl sites for hydroxylation is 2. The van der Waals surface area contributed by atoms with Crippen LogP contribution in [0.1, 0.15) is 47.7 Å². The molecule has 2 aromatic rings. The zero-order valence-electron chi connectivity index (χ0n) is 13.9. The Morgan fingerprint density at radius 1 is 1.13 bits per heavy atom. The van der Waals surface area contributed by atoms with Crippen LogP contribution in [0, 0.1) is 13.8 Å². The lowest BCUT2D eigenvalue weighted by Crippen LogP contribution is -2.30. The molecular formula is C19H25ClN2O. The maximum absolute atomic E-state index is 12.2. The number of nitrogens with two attached hydrogens (primary N) is 1. The number of amides is 1. The summed E-state index contributed by atoms with van der Waals surface area (Å²) >= 11 is 0. The summed E-state index contributed by atoms with van der Waals surface area (Å²) in [7, 11) is 0. The molecule has 0 saturated heterocycles. The second-order valence-corrected chi connectivity index (χ2v) is 5.87. The van der Waals surface area contributed by atoms with Gasteiger partial charge in [0.15, 0.2) is 0 Å². The predicted molar refractivity (Wildman–Crippen MR) is 97.7 cm³/mol. The van der Waals surface area contributed by atoms with Crippen molar-refractivity contribution in [3.05, 3.63) is 70.8 Å². The maximum Gasteiger partial charge on any atom is 0.222 e. The molecule has 0 bridgehead atoms. The molecule has 3 N–H and O–H groups in total. The highest BCUT2D eigenvalue weighted by molar-refractivity contribution is 5.85. The van der Waals surface area contributed by atoms with Gasteiger partial charge in [-0.2, -0.15) is 0 Å². The highest BCUT2D eigenvalue weighted by atomic mass is 35.5. The minimum Gasteiger partial charge on any atom is -0.350 e. The van der Waals surface area contributed by atoms with Crippen LogP contribution < -0.4 is 11.1 Å². The normalized spacial score (nSPS) is 12.9. The summed E-state index contributed by atoms with van der Waals surface area (Å²) in [4.78, 5) is 12.2. The van der Waals surface area contributed by atoms with E-state index in [4.69, 9.17) is 5.73 Å². The zero-order valence-corrected chi connectivity index (χ0v) is 14.7. The summed E-state index contributed by atoms with van der Waals surface area (Å²) in [6.45, 7) is 6.14. The van der Waals surface area contributed by atoms with E-state index in [1.54, 1.807) is 0 Å². The largest absolute Gasteiger partial charge is 0.350 e. The Kier molecular flexibility index (Phi) is 7.27. The summed E-state index contributed by atoms with van der Waals surface area (Å²) in [5, 5.41) is 3.04. The van der Waals surface area contributed by atoms with Crippen molar-refractivity contribution in [1.82, 2.24) is 5.32 Å². The molecule has 1 amide bonds.